The molecule has 0 amide bonds. The van der Waals surface area contributed by atoms with E-state index in [0.29, 0.717) is 0 Å². The Labute approximate surface area is 73.5 Å². The van der Waals surface area contributed by atoms with Gasteiger partial charge in [0, 0.05) is 0 Å². The Bertz CT molecular complexity index is 349. The summed E-state index contributed by atoms with van der Waals surface area (Å²) >= 11 is 2.67. The molecule has 0 unspecified atom stereocenters. The maximum atomic E-state index is 12.5. The zero-order chi connectivity index (χ0) is 9.30. The van der Waals surface area contributed by atoms with Crippen LogP contribution < -0.4 is 5.56 Å². The van der Waals surface area contributed by atoms with Gasteiger partial charge < -0.3 is 0 Å². The number of H-pyrrole nitrogens is 1. The third-order valence-corrected chi connectivity index (χ3v) is 1.79. The molecule has 1 heterocycles. The van der Waals surface area contributed by atoms with Crippen molar-refractivity contribution in [2.45, 2.75) is 6.43 Å². The van der Waals surface area contributed by atoms with Crippen molar-refractivity contribution in [2.75, 3.05) is 0 Å². The first-order valence-corrected chi connectivity index (χ1v) is 3.68. The number of aromatic nitrogens is 1. The number of rotatable bonds is 1. The van der Waals surface area contributed by atoms with Crippen LogP contribution in [0.1, 0.15) is 12.0 Å². The van der Waals surface area contributed by atoms with Gasteiger partial charge in [-0.25, -0.2) is 8.78 Å². The predicted octanol–water partition coefficient (Wildman–Crippen LogP) is 2.21. The Morgan fingerprint density at radius 1 is 1.50 bits per heavy atom. The molecule has 12 heavy (non-hydrogen) atoms. The van der Waals surface area contributed by atoms with Crippen LogP contribution in [0.15, 0.2) is 15.3 Å². The fourth-order valence-electron chi connectivity index (χ4n) is 0.659. The lowest BCUT2D eigenvalue weighted by molar-refractivity contribution is 0.149. The molecule has 2 nitrogen and oxygen atoms in total. The molecule has 0 atom stereocenters. The fraction of sp³-hybridized carbons (Fsp3) is 0.167. The van der Waals surface area contributed by atoms with Crippen molar-refractivity contribution in [2.24, 2.45) is 0 Å². The van der Waals surface area contributed by atoms with Crippen molar-refractivity contribution in [3.8, 4) is 0 Å². The third-order valence-electron chi connectivity index (χ3n) is 1.21. The van der Waals surface area contributed by atoms with Gasteiger partial charge in [0.15, 0.2) is 0 Å². The van der Waals surface area contributed by atoms with E-state index in [1.165, 1.54) is 0 Å². The Kier molecular flexibility index (Phi) is 2.56. The molecule has 0 aliphatic carbocycles. The second kappa shape index (κ2) is 3.30. The minimum atomic E-state index is -2.90. The zero-order valence-corrected chi connectivity index (χ0v) is 7.16. The minimum Gasteiger partial charge on any atom is -0.297 e. The molecule has 0 radical (unpaired) electrons. The number of aromatic amines is 1. The van der Waals surface area contributed by atoms with Gasteiger partial charge in [-0.3, -0.25) is 9.78 Å². The lowest BCUT2D eigenvalue weighted by Crippen LogP contribution is -2.14. The topological polar surface area (TPSA) is 32.9 Å². The van der Waals surface area contributed by atoms with Crippen molar-refractivity contribution in [1.29, 1.82) is 0 Å². The lowest BCUT2D eigenvalue weighted by Gasteiger charge is -1.99. The van der Waals surface area contributed by atoms with Crippen molar-refractivity contribution in [3.05, 3.63) is 32.4 Å². The fourth-order valence-corrected chi connectivity index (χ4v) is 1.00. The second-order valence-corrected chi connectivity index (χ2v) is 2.87. The summed E-state index contributed by atoms with van der Waals surface area (Å²) in [5.74, 6) is -0.954. The predicted molar refractivity (Wildman–Crippen MR) is 39.7 cm³/mol. The highest BCUT2D eigenvalue weighted by atomic mass is 79.9. The highest BCUT2D eigenvalue weighted by Gasteiger charge is 2.14. The number of alkyl halides is 2. The molecule has 1 aromatic heterocycles. The number of pyridine rings is 1. The Morgan fingerprint density at radius 3 is 2.58 bits per heavy atom. The van der Waals surface area contributed by atoms with E-state index in [4.69, 9.17) is 0 Å². The standard InChI is InChI=1S/C6H3BrF3NO/c7-3-1-2(4(8)9)6(12)11-5(3)10/h1,4H,(H,11,12). The van der Waals surface area contributed by atoms with Gasteiger partial charge in [-0.15, -0.1) is 0 Å². The molecule has 0 spiro atoms. The molecule has 0 bridgehead atoms. The Balaban J connectivity index is 3.33. The Morgan fingerprint density at radius 2 is 2.08 bits per heavy atom. The van der Waals surface area contributed by atoms with Gasteiger partial charge in [0.2, 0.25) is 5.95 Å². The van der Waals surface area contributed by atoms with Gasteiger partial charge in [-0.05, 0) is 22.0 Å². The van der Waals surface area contributed by atoms with Crippen LogP contribution in [0.3, 0.4) is 0 Å². The molecule has 0 saturated heterocycles. The summed E-state index contributed by atoms with van der Waals surface area (Å²) in [5, 5.41) is 0. The zero-order valence-electron chi connectivity index (χ0n) is 5.57. The van der Waals surface area contributed by atoms with Crippen molar-refractivity contribution < 1.29 is 13.2 Å². The monoisotopic (exact) mass is 241 g/mol. The number of halogens is 4. The first-order chi connectivity index (χ1) is 5.52. The molecule has 6 heteroatoms. The first-order valence-electron chi connectivity index (χ1n) is 2.88. The molecule has 0 saturated carbocycles. The van der Waals surface area contributed by atoms with Crippen molar-refractivity contribution >= 4 is 15.9 Å². The van der Waals surface area contributed by atoms with Gasteiger partial charge in [0.05, 0.1) is 10.0 Å². The Hall–Kier alpha value is -0.780. The maximum absolute atomic E-state index is 12.5. The van der Waals surface area contributed by atoms with Gasteiger partial charge in [-0.2, -0.15) is 4.39 Å². The van der Waals surface area contributed by atoms with E-state index < -0.39 is 23.5 Å². The molecular weight excluding hydrogens is 239 g/mol. The quantitative estimate of drug-likeness (QED) is 0.752. The van der Waals surface area contributed by atoms with E-state index in [1.807, 2.05) is 0 Å². The average molecular weight is 242 g/mol. The third kappa shape index (κ3) is 1.69. The summed E-state index contributed by atoms with van der Waals surface area (Å²) in [4.78, 5) is 12.3. The average Bonchev–Trinajstić information content (AvgIpc) is 1.96. The largest absolute Gasteiger partial charge is 0.297 e. The lowest BCUT2D eigenvalue weighted by atomic mass is 10.3. The molecule has 66 valence electrons. The van der Waals surface area contributed by atoms with Crippen LogP contribution in [-0.4, -0.2) is 4.98 Å². The van der Waals surface area contributed by atoms with Crippen LogP contribution in [-0.2, 0) is 0 Å². The highest BCUT2D eigenvalue weighted by Crippen LogP contribution is 2.19. The van der Waals surface area contributed by atoms with Crippen LogP contribution in [0.2, 0.25) is 0 Å². The summed E-state index contributed by atoms with van der Waals surface area (Å²) in [6.45, 7) is 0. The van der Waals surface area contributed by atoms with Crippen molar-refractivity contribution in [1.82, 2.24) is 4.98 Å². The van der Waals surface area contributed by atoms with Gasteiger partial charge in [-0.1, -0.05) is 0 Å². The highest BCUT2D eigenvalue weighted by molar-refractivity contribution is 9.10. The smallest absolute Gasteiger partial charge is 0.269 e. The van der Waals surface area contributed by atoms with Crippen LogP contribution in [0.25, 0.3) is 0 Å². The SMILES string of the molecule is O=c1[nH]c(F)c(Br)cc1C(F)F. The normalized spacial score (nSPS) is 10.8. The first kappa shape index (κ1) is 9.31. The van der Waals surface area contributed by atoms with Gasteiger partial charge in [0.1, 0.15) is 0 Å². The maximum Gasteiger partial charge on any atom is 0.269 e. The van der Waals surface area contributed by atoms with E-state index in [9.17, 15) is 18.0 Å². The van der Waals surface area contributed by atoms with Gasteiger partial charge >= 0.3 is 0 Å². The van der Waals surface area contributed by atoms with E-state index >= 15 is 0 Å². The van der Waals surface area contributed by atoms with E-state index in [1.54, 1.807) is 4.98 Å². The molecule has 0 aliphatic rings. The molecule has 1 aromatic rings. The van der Waals surface area contributed by atoms with Crippen LogP contribution >= 0.6 is 15.9 Å². The molecular formula is C6H3BrF3NO. The summed E-state index contributed by atoms with van der Waals surface area (Å²) in [6, 6.07) is 0.763. The van der Waals surface area contributed by atoms with E-state index in [-0.39, 0.29) is 4.47 Å². The number of nitrogens with one attached hydrogen (secondary N) is 1. The second-order valence-electron chi connectivity index (χ2n) is 2.02. The van der Waals surface area contributed by atoms with Crippen LogP contribution in [0.5, 0.6) is 0 Å². The molecule has 1 N–H and O–H groups in total. The summed E-state index contributed by atoms with van der Waals surface area (Å²) in [5.41, 5.74) is -1.85. The van der Waals surface area contributed by atoms with Gasteiger partial charge in [0.25, 0.3) is 12.0 Å². The van der Waals surface area contributed by atoms with E-state index in [0.717, 1.165) is 6.07 Å². The number of hydrogen-bond acceptors (Lipinski definition) is 1. The van der Waals surface area contributed by atoms with E-state index in [2.05, 4.69) is 15.9 Å². The number of hydrogen-bond donors (Lipinski definition) is 1. The van der Waals surface area contributed by atoms with Crippen LogP contribution in [0.4, 0.5) is 13.2 Å². The summed E-state index contributed by atoms with van der Waals surface area (Å²) < 4.78 is 36.2. The molecule has 0 aromatic carbocycles. The summed E-state index contributed by atoms with van der Waals surface area (Å²) in [6.07, 6.45) is -2.90. The summed E-state index contributed by atoms with van der Waals surface area (Å²) in [7, 11) is 0. The molecule has 0 aliphatic heterocycles. The minimum absolute atomic E-state index is 0.183. The van der Waals surface area contributed by atoms with Crippen LogP contribution in [0, 0.1) is 5.95 Å². The molecule has 0 fully saturated rings. The molecule has 1 rings (SSSR count). The van der Waals surface area contributed by atoms with Crippen molar-refractivity contribution in [3.63, 3.8) is 0 Å².